The summed E-state index contributed by atoms with van der Waals surface area (Å²) in [4.78, 5) is 22.1. The molecule has 0 atom stereocenters. The van der Waals surface area contributed by atoms with E-state index in [1.54, 1.807) is 16.8 Å². The van der Waals surface area contributed by atoms with Gasteiger partial charge in [-0.1, -0.05) is 42.5 Å². The Hall–Kier alpha value is -3.59. The van der Waals surface area contributed by atoms with E-state index in [1.807, 2.05) is 44.2 Å². The molecule has 7 nitrogen and oxygen atoms in total. The van der Waals surface area contributed by atoms with E-state index < -0.39 is 0 Å². The molecule has 0 bridgehead atoms. The first-order valence-electron chi connectivity index (χ1n) is 11.5. The molecule has 2 aromatic heterocycles. The van der Waals surface area contributed by atoms with Gasteiger partial charge in [-0.15, -0.1) is 5.10 Å². The van der Waals surface area contributed by atoms with Crippen molar-refractivity contribution in [3.63, 3.8) is 0 Å². The third kappa shape index (κ3) is 6.30. The average Bonchev–Trinajstić information content (AvgIpc) is 3.26. The smallest absolute Gasteiger partial charge is 0.278 e. The SMILES string of the molecule is CCCCc1ccc(NC(=O)c2nnn(-c3ccc(F)cc3)c2CSc2nc(C)cc(C)n2)cc1. The first kappa shape index (κ1) is 24.5. The summed E-state index contributed by atoms with van der Waals surface area (Å²) in [5.74, 6) is -0.364. The number of anilines is 1. The van der Waals surface area contributed by atoms with Crippen LogP contribution < -0.4 is 5.32 Å². The van der Waals surface area contributed by atoms with Gasteiger partial charge in [-0.3, -0.25) is 4.79 Å². The highest BCUT2D eigenvalue weighted by atomic mass is 32.2. The molecule has 0 aliphatic heterocycles. The number of benzene rings is 2. The summed E-state index contributed by atoms with van der Waals surface area (Å²) < 4.78 is 15.0. The predicted molar refractivity (Wildman–Crippen MR) is 135 cm³/mol. The average molecular weight is 491 g/mol. The van der Waals surface area contributed by atoms with Crippen LogP contribution in [-0.2, 0) is 12.2 Å². The molecule has 1 amide bonds. The lowest BCUT2D eigenvalue weighted by molar-refractivity contribution is 0.102. The molecule has 0 saturated carbocycles. The molecule has 35 heavy (non-hydrogen) atoms. The summed E-state index contributed by atoms with van der Waals surface area (Å²) in [6.45, 7) is 5.99. The van der Waals surface area contributed by atoms with E-state index in [-0.39, 0.29) is 17.4 Å². The number of amides is 1. The van der Waals surface area contributed by atoms with Gasteiger partial charge in [0.1, 0.15) is 5.82 Å². The fourth-order valence-electron chi connectivity index (χ4n) is 3.61. The van der Waals surface area contributed by atoms with E-state index in [9.17, 15) is 9.18 Å². The molecule has 2 heterocycles. The normalized spacial score (nSPS) is 11.0. The zero-order valence-electron chi connectivity index (χ0n) is 20.0. The van der Waals surface area contributed by atoms with Crippen molar-refractivity contribution in [2.75, 3.05) is 5.32 Å². The van der Waals surface area contributed by atoms with Gasteiger partial charge in [0.25, 0.3) is 5.91 Å². The number of hydrogen-bond donors (Lipinski definition) is 1. The molecule has 180 valence electrons. The second-order valence-electron chi connectivity index (χ2n) is 8.25. The molecule has 2 aromatic carbocycles. The molecule has 4 aromatic rings. The molecule has 0 aliphatic rings. The molecule has 0 spiro atoms. The lowest BCUT2D eigenvalue weighted by Gasteiger charge is -2.09. The van der Waals surface area contributed by atoms with Crippen molar-refractivity contribution >= 4 is 23.4 Å². The van der Waals surface area contributed by atoms with E-state index in [4.69, 9.17) is 0 Å². The van der Waals surface area contributed by atoms with Crippen molar-refractivity contribution in [3.8, 4) is 5.69 Å². The Bertz CT molecular complexity index is 1280. The second kappa shape index (κ2) is 11.2. The standard InChI is InChI=1S/C26H27FN6OS/c1-4-5-6-19-7-11-21(12-8-19)30-25(34)24-23(16-35-26-28-17(2)15-18(3)29-26)33(32-31-24)22-13-9-20(27)10-14-22/h7-15H,4-6,16H2,1-3H3,(H,30,34). The lowest BCUT2D eigenvalue weighted by atomic mass is 10.1. The van der Waals surface area contributed by atoms with Crippen LogP contribution in [0.25, 0.3) is 5.69 Å². The Morgan fingerprint density at radius 3 is 2.37 bits per heavy atom. The summed E-state index contributed by atoms with van der Waals surface area (Å²) in [5.41, 5.74) is 5.02. The number of unbranched alkanes of at least 4 members (excludes halogenated alkanes) is 1. The van der Waals surface area contributed by atoms with Crippen molar-refractivity contribution < 1.29 is 9.18 Å². The number of thioether (sulfide) groups is 1. The number of nitrogens with one attached hydrogen (secondary N) is 1. The summed E-state index contributed by atoms with van der Waals surface area (Å²) >= 11 is 1.39. The summed E-state index contributed by atoms with van der Waals surface area (Å²) in [6.07, 6.45) is 3.28. The quantitative estimate of drug-likeness (QED) is 0.239. The van der Waals surface area contributed by atoms with Gasteiger partial charge in [-0.25, -0.2) is 19.0 Å². The topological polar surface area (TPSA) is 85.6 Å². The highest BCUT2D eigenvalue weighted by Gasteiger charge is 2.22. The highest BCUT2D eigenvalue weighted by Crippen LogP contribution is 2.24. The second-order valence-corrected chi connectivity index (χ2v) is 9.19. The number of aryl methyl sites for hydroxylation is 3. The van der Waals surface area contributed by atoms with Gasteiger partial charge in [0, 0.05) is 22.8 Å². The molecule has 4 rings (SSSR count). The van der Waals surface area contributed by atoms with E-state index in [1.165, 1.54) is 29.5 Å². The molecule has 0 unspecified atom stereocenters. The Labute approximate surface area is 208 Å². The van der Waals surface area contributed by atoms with E-state index in [0.717, 1.165) is 30.7 Å². The molecule has 0 aliphatic carbocycles. The van der Waals surface area contributed by atoms with Crippen LogP contribution >= 0.6 is 11.8 Å². The number of halogens is 1. The molecule has 9 heteroatoms. The molecular formula is C26H27FN6OS. The summed E-state index contributed by atoms with van der Waals surface area (Å²) in [6, 6.07) is 15.6. The maximum atomic E-state index is 13.5. The third-order valence-corrected chi connectivity index (χ3v) is 6.24. The largest absolute Gasteiger partial charge is 0.321 e. The molecule has 0 radical (unpaired) electrons. The maximum Gasteiger partial charge on any atom is 0.278 e. The zero-order valence-corrected chi connectivity index (χ0v) is 20.8. The lowest BCUT2D eigenvalue weighted by Crippen LogP contribution is -2.15. The van der Waals surface area contributed by atoms with E-state index in [0.29, 0.717) is 28.0 Å². The van der Waals surface area contributed by atoms with Crippen LogP contribution in [0.1, 0.15) is 52.9 Å². The Kier molecular flexibility index (Phi) is 7.87. The van der Waals surface area contributed by atoms with Gasteiger partial charge in [0.05, 0.1) is 11.4 Å². The Balaban J connectivity index is 1.60. The van der Waals surface area contributed by atoms with Crippen LogP contribution in [-0.4, -0.2) is 30.9 Å². The minimum absolute atomic E-state index is 0.196. The number of carbonyl (C=O) groups excluding carboxylic acids is 1. The van der Waals surface area contributed by atoms with Crippen LogP contribution in [0.5, 0.6) is 0 Å². The molecule has 0 fully saturated rings. The number of carbonyl (C=O) groups is 1. The number of nitrogens with zero attached hydrogens (tertiary/aromatic N) is 5. The number of rotatable bonds is 9. The van der Waals surface area contributed by atoms with Crippen molar-refractivity contribution in [1.82, 2.24) is 25.0 Å². The van der Waals surface area contributed by atoms with Crippen molar-refractivity contribution in [2.45, 2.75) is 50.9 Å². The zero-order chi connectivity index (χ0) is 24.8. The third-order valence-electron chi connectivity index (χ3n) is 5.38. The number of aromatic nitrogens is 5. The van der Waals surface area contributed by atoms with Gasteiger partial charge in [0.15, 0.2) is 10.9 Å². The van der Waals surface area contributed by atoms with Crippen molar-refractivity contribution in [3.05, 3.63) is 88.8 Å². The van der Waals surface area contributed by atoms with Gasteiger partial charge >= 0.3 is 0 Å². The summed E-state index contributed by atoms with van der Waals surface area (Å²) in [7, 11) is 0. The van der Waals surface area contributed by atoms with E-state index >= 15 is 0 Å². The molecular weight excluding hydrogens is 463 g/mol. The minimum Gasteiger partial charge on any atom is -0.321 e. The van der Waals surface area contributed by atoms with Crippen LogP contribution in [0.15, 0.2) is 59.8 Å². The monoisotopic (exact) mass is 490 g/mol. The Morgan fingerprint density at radius 2 is 1.71 bits per heavy atom. The van der Waals surface area contributed by atoms with Crippen LogP contribution in [0.4, 0.5) is 10.1 Å². The van der Waals surface area contributed by atoms with Gasteiger partial charge < -0.3 is 5.32 Å². The fraction of sp³-hybridized carbons (Fsp3) is 0.269. The summed E-state index contributed by atoms with van der Waals surface area (Å²) in [5, 5.41) is 11.9. The van der Waals surface area contributed by atoms with Crippen LogP contribution in [0.3, 0.4) is 0 Å². The minimum atomic E-state index is -0.364. The van der Waals surface area contributed by atoms with Crippen molar-refractivity contribution in [2.24, 2.45) is 0 Å². The molecule has 1 N–H and O–H groups in total. The van der Waals surface area contributed by atoms with Crippen LogP contribution in [0.2, 0.25) is 0 Å². The first-order chi connectivity index (χ1) is 16.9. The highest BCUT2D eigenvalue weighted by molar-refractivity contribution is 7.98. The maximum absolute atomic E-state index is 13.5. The number of hydrogen-bond acceptors (Lipinski definition) is 6. The molecule has 0 saturated heterocycles. The van der Waals surface area contributed by atoms with Crippen LogP contribution in [0, 0.1) is 19.7 Å². The first-order valence-corrected chi connectivity index (χ1v) is 12.5. The van der Waals surface area contributed by atoms with Gasteiger partial charge in [0.2, 0.25) is 0 Å². The van der Waals surface area contributed by atoms with Gasteiger partial charge in [-0.05, 0) is 74.7 Å². The Morgan fingerprint density at radius 1 is 1.03 bits per heavy atom. The van der Waals surface area contributed by atoms with Gasteiger partial charge in [-0.2, -0.15) is 0 Å². The van der Waals surface area contributed by atoms with E-state index in [2.05, 4.69) is 32.5 Å². The fourth-order valence-corrected chi connectivity index (χ4v) is 4.56. The predicted octanol–water partition coefficient (Wildman–Crippen LogP) is 5.70. The van der Waals surface area contributed by atoms with Crippen molar-refractivity contribution in [1.29, 1.82) is 0 Å².